The van der Waals surface area contributed by atoms with E-state index in [1.807, 2.05) is 68.5 Å². The maximum absolute atomic E-state index is 13.4. The molecule has 1 heterocycles. The Morgan fingerprint density at radius 2 is 1.62 bits per heavy atom. The Bertz CT molecular complexity index is 819. The number of Topliss-reactive ketones (excluding diaryl/α,β-unsaturated/α-hetero) is 1. The van der Waals surface area contributed by atoms with Crippen molar-refractivity contribution in [3.05, 3.63) is 77.4 Å². The van der Waals surface area contributed by atoms with Crippen molar-refractivity contribution in [3.8, 4) is 0 Å². The lowest BCUT2D eigenvalue weighted by Crippen LogP contribution is -2.49. The van der Waals surface area contributed by atoms with Gasteiger partial charge in [0.2, 0.25) is 5.91 Å². The lowest BCUT2D eigenvalue weighted by Gasteiger charge is -2.37. The highest BCUT2D eigenvalue weighted by Crippen LogP contribution is 2.47. The second kappa shape index (κ2) is 6.08. The summed E-state index contributed by atoms with van der Waals surface area (Å²) in [6.07, 6.45) is 2.50. The predicted octanol–water partition coefficient (Wildman–Crippen LogP) is 4.49. The quantitative estimate of drug-likeness (QED) is 0.782. The molecule has 0 N–H and O–H groups in total. The van der Waals surface area contributed by atoms with Crippen LogP contribution >= 0.6 is 0 Å². The van der Waals surface area contributed by atoms with Gasteiger partial charge in [0.25, 0.3) is 0 Å². The number of nitrogens with zero attached hydrogens (tertiary/aromatic N) is 1. The Morgan fingerprint density at radius 1 is 1.00 bits per heavy atom. The van der Waals surface area contributed by atoms with E-state index in [-0.39, 0.29) is 11.7 Å². The van der Waals surface area contributed by atoms with Gasteiger partial charge in [-0.15, -0.1) is 0 Å². The number of benzene rings is 2. The summed E-state index contributed by atoms with van der Waals surface area (Å²) in [5.41, 5.74) is 2.27. The summed E-state index contributed by atoms with van der Waals surface area (Å²) in [6, 6.07) is 17.0. The van der Waals surface area contributed by atoms with Gasteiger partial charge in [-0.05, 0) is 31.5 Å². The Labute approximate surface area is 142 Å². The Balaban J connectivity index is 2.30. The molecule has 0 aliphatic carbocycles. The van der Waals surface area contributed by atoms with E-state index in [1.54, 1.807) is 11.0 Å². The number of ketones is 1. The highest BCUT2D eigenvalue weighted by Gasteiger charge is 2.53. The molecule has 1 atom stereocenters. The third-order valence-corrected chi connectivity index (χ3v) is 4.52. The largest absolute Gasteiger partial charge is 0.294 e. The molecule has 0 spiro atoms. The second-order valence-electron chi connectivity index (χ2n) is 6.41. The van der Waals surface area contributed by atoms with Crippen LogP contribution in [0.25, 0.3) is 0 Å². The lowest BCUT2D eigenvalue weighted by molar-refractivity contribution is -0.117. The minimum absolute atomic E-state index is 0.0167. The summed E-state index contributed by atoms with van der Waals surface area (Å²) >= 11 is 0. The average Bonchev–Trinajstić information content (AvgIpc) is 2.84. The molecule has 0 fully saturated rings. The number of rotatable bonds is 3. The van der Waals surface area contributed by atoms with Crippen LogP contribution in [0.3, 0.4) is 0 Å². The van der Waals surface area contributed by atoms with Gasteiger partial charge in [-0.3, -0.25) is 14.5 Å². The topological polar surface area (TPSA) is 37.4 Å². The van der Waals surface area contributed by atoms with E-state index >= 15 is 0 Å². The van der Waals surface area contributed by atoms with E-state index in [4.69, 9.17) is 0 Å². The van der Waals surface area contributed by atoms with E-state index in [0.29, 0.717) is 17.7 Å². The molecule has 3 nitrogen and oxygen atoms in total. The lowest BCUT2D eigenvalue weighted by atomic mass is 9.81. The Hall–Kier alpha value is -2.68. The molecule has 2 aromatic rings. The summed E-state index contributed by atoms with van der Waals surface area (Å²) in [5.74, 6) is -0.142. The van der Waals surface area contributed by atoms with Crippen molar-refractivity contribution in [2.75, 3.05) is 4.90 Å². The van der Waals surface area contributed by atoms with Gasteiger partial charge in [0.15, 0.2) is 5.78 Å². The van der Waals surface area contributed by atoms with Crippen LogP contribution in [-0.4, -0.2) is 11.7 Å². The first-order valence-corrected chi connectivity index (χ1v) is 8.12. The molecule has 0 unspecified atom stereocenters. The Morgan fingerprint density at radius 3 is 2.25 bits per heavy atom. The number of fused-ring (bicyclic) bond motifs is 1. The molecule has 1 aliphatic rings. The molecular weight excluding hydrogens is 298 g/mol. The molecule has 1 amide bonds. The van der Waals surface area contributed by atoms with Crippen LogP contribution < -0.4 is 4.90 Å². The van der Waals surface area contributed by atoms with Crippen molar-refractivity contribution in [1.82, 2.24) is 0 Å². The monoisotopic (exact) mass is 319 g/mol. The molecule has 2 aromatic carbocycles. The van der Waals surface area contributed by atoms with Gasteiger partial charge in [-0.2, -0.15) is 0 Å². The third-order valence-electron chi connectivity index (χ3n) is 4.52. The first-order chi connectivity index (χ1) is 11.5. The molecule has 0 bridgehead atoms. The number of anilines is 1. The SMILES string of the molecule is CC(=O)N1c2ccccc2C(=O)[C@]1(CC=C(C)C)c1ccccc1. The van der Waals surface area contributed by atoms with E-state index in [2.05, 4.69) is 0 Å². The highest BCUT2D eigenvalue weighted by molar-refractivity contribution is 6.20. The number of carbonyl (C=O) groups excluding carboxylic acids is 2. The van der Waals surface area contributed by atoms with Gasteiger partial charge in [0, 0.05) is 18.9 Å². The number of hydrogen-bond donors (Lipinski definition) is 0. The van der Waals surface area contributed by atoms with Crippen molar-refractivity contribution in [1.29, 1.82) is 0 Å². The van der Waals surface area contributed by atoms with Gasteiger partial charge < -0.3 is 0 Å². The zero-order valence-corrected chi connectivity index (χ0v) is 14.2. The maximum Gasteiger partial charge on any atom is 0.225 e. The van der Waals surface area contributed by atoms with Crippen molar-refractivity contribution < 1.29 is 9.59 Å². The summed E-state index contributed by atoms with van der Waals surface area (Å²) in [6.45, 7) is 5.53. The number of para-hydroxylation sites is 1. The predicted molar refractivity (Wildman–Crippen MR) is 96.1 cm³/mol. The molecule has 24 heavy (non-hydrogen) atoms. The first-order valence-electron chi connectivity index (χ1n) is 8.12. The van der Waals surface area contributed by atoms with Crippen LogP contribution in [0.2, 0.25) is 0 Å². The van der Waals surface area contributed by atoms with Crippen molar-refractivity contribution in [3.63, 3.8) is 0 Å². The van der Waals surface area contributed by atoms with E-state index in [0.717, 1.165) is 11.1 Å². The fourth-order valence-corrected chi connectivity index (χ4v) is 3.46. The van der Waals surface area contributed by atoms with Crippen LogP contribution in [0.4, 0.5) is 5.69 Å². The average molecular weight is 319 g/mol. The zero-order valence-electron chi connectivity index (χ0n) is 14.2. The van der Waals surface area contributed by atoms with Crippen LogP contribution in [0.1, 0.15) is 43.1 Å². The van der Waals surface area contributed by atoms with Crippen LogP contribution in [0.15, 0.2) is 66.2 Å². The smallest absolute Gasteiger partial charge is 0.225 e. The Kier molecular flexibility index (Phi) is 4.10. The normalized spacial score (nSPS) is 19.1. The number of hydrogen-bond acceptors (Lipinski definition) is 2. The number of allylic oxidation sites excluding steroid dienone is 1. The highest BCUT2D eigenvalue weighted by atomic mass is 16.2. The number of amides is 1. The van der Waals surface area contributed by atoms with Gasteiger partial charge in [-0.25, -0.2) is 0 Å². The molecule has 122 valence electrons. The zero-order chi connectivity index (χ0) is 17.3. The summed E-state index contributed by atoms with van der Waals surface area (Å²) in [7, 11) is 0. The number of carbonyl (C=O) groups is 2. The molecule has 0 saturated carbocycles. The standard InChI is InChI=1S/C21H21NO2/c1-15(2)13-14-21(17-9-5-4-6-10-17)20(24)18-11-7-8-12-19(18)22(21)16(3)23/h4-13H,14H2,1-3H3/t21-/m0/s1. The van der Waals surface area contributed by atoms with E-state index < -0.39 is 5.54 Å². The van der Waals surface area contributed by atoms with Gasteiger partial charge in [0.05, 0.1) is 5.69 Å². The summed E-state index contributed by atoms with van der Waals surface area (Å²) in [4.78, 5) is 27.6. The van der Waals surface area contributed by atoms with E-state index in [1.165, 1.54) is 6.92 Å². The third kappa shape index (κ3) is 2.37. The summed E-state index contributed by atoms with van der Waals surface area (Å²) in [5, 5.41) is 0. The fourth-order valence-electron chi connectivity index (χ4n) is 3.46. The molecule has 3 rings (SSSR count). The first kappa shape index (κ1) is 16.2. The fraction of sp³-hybridized carbons (Fsp3) is 0.238. The van der Waals surface area contributed by atoms with Crippen molar-refractivity contribution in [2.45, 2.75) is 32.7 Å². The van der Waals surface area contributed by atoms with Gasteiger partial charge >= 0.3 is 0 Å². The minimum atomic E-state index is -1.01. The van der Waals surface area contributed by atoms with Crippen LogP contribution in [0, 0.1) is 0 Å². The van der Waals surface area contributed by atoms with Crippen LogP contribution in [-0.2, 0) is 10.3 Å². The second-order valence-corrected chi connectivity index (χ2v) is 6.41. The van der Waals surface area contributed by atoms with Gasteiger partial charge in [-0.1, -0.05) is 54.1 Å². The molecular formula is C21H21NO2. The molecule has 0 aromatic heterocycles. The van der Waals surface area contributed by atoms with Crippen molar-refractivity contribution >= 4 is 17.4 Å². The minimum Gasteiger partial charge on any atom is -0.294 e. The van der Waals surface area contributed by atoms with Crippen molar-refractivity contribution in [2.24, 2.45) is 0 Å². The van der Waals surface area contributed by atoms with Crippen LogP contribution in [0.5, 0.6) is 0 Å². The molecule has 0 saturated heterocycles. The molecule has 3 heteroatoms. The van der Waals surface area contributed by atoms with E-state index in [9.17, 15) is 9.59 Å². The maximum atomic E-state index is 13.4. The van der Waals surface area contributed by atoms with Gasteiger partial charge in [0.1, 0.15) is 5.54 Å². The molecule has 0 radical (unpaired) electrons. The molecule has 1 aliphatic heterocycles. The summed E-state index contributed by atoms with van der Waals surface area (Å²) < 4.78 is 0.